The van der Waals surface area contributed by atoms with Crippen LogP contribution in [-0.4, -0.2) is 12.6 Å². The summed E-state index contributed by atoms with van der Waals surface area (Å²) in [7, 11) is 0. The van der Waals surface area contributed by atoms with E-state index < -0.39 is 0 Å². The highest BCUT2D eigenvalue weighted by Crippen LogP contribution is 2.37. The molecule has 1 aromatic rings. The highest BCUT2D eigenvalue weighted by molar-refractivity contribution is 5.40. The van der Waals surface area contributed by atoms with E-state index in [1.165, 1.54) is 32.2 Å². The fourth-order valence-corrected chi connectivity index (χ4v) is 3.03. The molecule has 1 heteroatoms. The van der Waals surface area contributed by atoms with Crippen LogP contribution in [0.1, 0.15) is 43.2 Å². The van der Waals surface area contributed by atoms with Crippen LogP contribution in [0.5, 0.6) is 0 Å². The molecule has 16 heavy (non-hydrogen) atoms. The van der Waals surface area contributed by atoms with Gasteiger partial charge in [0.15, 0.2) is 0 Å². The molecule has 3 atom stereocenters. The largest absolute Gasteiger partial charge is 0.313 e. The van der Waals surface area contributed by atoms with Gasteiger partial charge in [-0.2, -0.15) is 0 Å². The number of hydrogen-bond donors (Lipinski definition) is 1. The van der Waals surface area contributed by atoms with Gasteiger partial charge in [-0.05, 0) is 36.3 Å². The molecule has 0 radical (unpaired) electrons. The van der Waals surface area contributed by atoms with E-state index >= 15 is 0 Å². The van der Waals surface area contributed by atoms with Gasteiger partial charge in [0.2, 0.25) is 0 Å². The summed E-state index contributed by atoms with van der Waals surface area (Å²) in [6.45, 7) is 3.49. The number of benzene rings is 1. The lowest BCUT2D eigenvalue weighted by molar-refractivity contribution is 0.513. The third kappa shape index (κ3) is 1.89. The van der Waals surface area contributed by atoms with Crippen molar-refractivity contribution in [2.75, 3.05) is 6.54 Å². The summed E-state index contributed by atoms with van der Waals surface area (Å²) >= 11 is 0. The third-order valence-corrected chi connectivity index (χ3v) is 4.17. The first kappa shape index (κ1) is 10.3. The van der Waals surface area contributed by atoms with Crippen molar-refractivity contribution in [2.45, 2.75) is 44.6 Å². The summed E-state index contributed by atoms with van der Waals surface area (Å²) in [5, 5.41) is 3.73. The Morgan fingerprint density at radius 3 is 3.00 bits per heavy atom. The Kier molecular flexibility index (Phi) is 2.72. The van der Waals surface area contributed by atoms with Gasteiger partial charge in [0.25, 0.3) is 0 Å². The van der Waals surface area contributed by atoms with Crippen molar-refractivity contribution in [1.82, 2.24) is 5.32 Å². The molecular weight excluding hydrogens is 194 g/mol. The van der Waals surface area contributed by atoms with Gasteiger partial charge in [0, 0.05) is 18.5 Å². The van der Waals surface area contributed by atoms with E-state index in [0.29, 0.717) is 0 Å². The van der Waals surface area contributed by atoms with E-state index in [1.54, 1.807) is 11.1 Å². The predicted molar refractivity (Wildman–Crippen MR) is 67.7 cm³/mol. The SMILES string of the molecule is CCCC1CC1NCC1Cc2ccccc21. The fourth-order valence-electron chi connectivity index (χ4n) is 3.03. The molecule has 0 spiro atoms. The Morgan fingerprint density at radius 2 is 2.19 bits per heavy atom. The second kappa shape index (κ2) is 4.21. The van der Waals surface area contributed by atoms with Crippen molar-refractivity contribution < 1.29 is 0 Å². The smallest absolute Gasteiger partial charge is 0.00993 e. The average Bonchev–Trinajstić information content (AvgIpc) is 2.99. The highest BCUT2D eigenvalue weighted by atomic mass is 15.0. The van der Waals surface area contributed by atoms with Crippen molar-refractivity contribution in [3.63, 3.8) is 0 Å². The average molecular weight is 215 g/mol. The Hall–Kier alpha value is -0.820. The molecule has 3 unspecified atom stereocenters. The zero-order valence-electron chi connectivity index (χ0n) is 10.1. The Morgan fingerprint density at radius 1 is 1.31 bits per heavy atom. The van der Waals surface area contributed by atoms with E-state index in [9.17, 15) is 0 Å². The second-order valence-electron chi connectivity index (χ2n) is 5.40. The van der Waals surface area contributed by atoms with Crippen LogP contribution < -0.4 is 5.32 Å². The van der Waals surface area contributed by atoms with Crippen LogP contribution in [0.15, 0.2) is 24.3 Å². The predicted octanol–water partition coefficient (Wildman–Crippen LogP) is 3.10. The Labute approximate surface area is 98.3 Å². The third-order valence-electron chi connectivity index (χ3n) is 4.17. The van der Waals surface area contributed by atoms with Crippen LogP contribution in [0.3, 0.4) is 0 Å². The van der Waals surface area contributed by atoms with Crippen LogP contribution in [0.2, 0.25) is 0 Å². The van der Waals surface area contributed by atoms with Gasteiger partial charge in [-0.1, -0.05) is 37.6 Å². The normalized spacial score (nSPS) is 30.7. The van der Waals surface area contributed by atoms with Gasteiger partial charge >= 0.3 is 0 Å². The molecule has 1 saturated carbocycles. The molecule has 1 fully saturated rings. The van der Waals surface area contributed by atoms with E-state index in [0.717, 1.165) is 17.9 Å². The summed E-state index contributed by atoms with van der Waals surface area (Å²) in [6.07, 6.45) is 5.46. The van der Waals surface area contributed by atoms with Gasteiger partial charge < -0.3 is 5.32 Å². The van der Waals surface area contributed by atoms with Crippen LogP contribution >= 0.6 is 0 Å². The van der Waals surface area contributed by atoms with Crippen LogP contribution in [-0.2, 0) is 6.42 Å². The summed E-state index contributed by atoms with van der Waals surface area (Å²) in [4.78, 5) is 0. The first-order valence-electron chi connectivity index (χ1n) is 6.69. The quantitative estimate of drug-likeness (QED) is 0.796. The van der Waals surface area contributed by atoms with Crippen molar-refractivity contribution in [1.29, 1.82) is 0 Å². The summed E-state index contributed by atoms with van der Waals surface area (Å²) in [5.41, 5.74) is 3.15. The lowest BCUT2D eigenvalue weighted by Crippen LogP contribution is -2.31. The minimum atomic E-state index is 0.791. The van der Waals surface area contributed by atoms with Gasteiger partial charge in [0.1, 0.15) is 0 Å². The van der Waals surface area contributed by atoms with Crippen molar-refractivity contribution in [2.24, 2.45) is 5.92 Å². The van der Waals surface area contributed by atoms with Gasteiger partial charge in [-0.25, -0.2) is 0 Å². The van der Waals surface area contributed by atoms with Crippen LogP contribution in [0.25, 0.3) is 0 Å². The Bertz CT molecular complexity index is 371. The molecule has 2 aliphatic rings. The molecular formula is C15H21N. The fraction of sp³-hybridized carbons (Fsp3) is 0.600. The molecule has 0 heterocycles. The topological polar surface area (TPSA) is 12.0 Å². The van der Waals surface area contributed by atoms with Gasteiger partial charge in [0.05, 0.1) is 0 Å². The van der Waals surface area contributed by atoms with Crippen LogP contribution in [0, 0.1) is 5.92 Å². The first-order valence-corrected chi connectivity index (χ1v) is 6.69. The Balaban J connectivity index is 1.46. The zero-order valence-corrected chi connectivity index (χ0v) is 10.1. The number of fused-ring (bicyclic) bond motifs is 1. The summed E-state index contributed by atoms with van der Waals surface area (Å²) < 4.78 is 0. The van der Waals surface area contributed by atoms with Crippen molar-refractivity contribution in [3.05, 3.63) is 35.4 Å². The van der Waals surface area contributed by atoms with E-state index in [1.807, 2.05) is 0 Å². The minimum Gasteiger partial charge on any atom is -0.313 e. The molecule has 0 aromatic heterocycles. The molecule has 1 nitrogen and oxygen atoms in total. The summed E-state index contributed by atoms with van der Waals surface area (Å²) in [5.74, 6) is 1.78. The van der Waals surface area contributed by atoms with E-state index in [4.69, 9.17) is 0 Å². The monoisotopic (exact) mass is 215 g/mol. The van der Waals surface area contributed by atoms with Crippen molar-refractivity contribution >= 4 is 0 Å². The van der Waals surface area contributed by atoms with E-state index in [-0.39, 0.29) is 0 Å². The first-order chi connectivity index (χ1) is 7.88. The van der Waals surface area contributed by atoms with E-state index in [2.05, 4.69) is 36.5 Å². The van der Waals surface area contributed by atoms with Gasteiger partial charge in [-0.3, -0.25) is 0 Å². The molecule has 86 valence electrons. The second-order valence-corrected chi connectivity index (χ2v) is 5.40. The molecule has 0 amide bonds. The van der Waals surface area contributed by atoms with Crippen LogP contribution in [0.4, 0.5) is 0 Å². The highest BCUT2D eigenvalue weighted by Gasteiger charge is 2.36. The molecule has 0 saturated heterocycles. The number of rotatable bonds is 5. The van der Waals surface area contributed by atoms with Gasteiger partial charge in [-0.15, -0.1) is 0 Å². The summed E-state index contributed by atoms with van der Waals surface area (Å²) in [6, 6.07) is 9.72. The standard InChI is InChI=1S/C15H21N/c1-2-5-12-9-15(12)16-10-13-8-11-6-3-4-7-14(11)13/h3-4,6-7,12-13,15-16H,2,5,8-10H2,1H3. The zero-order chi connectivity index (χ0) is 11.0. The minimum absolute atomic E-state index is 0.791. The van der Waals surface area contributed by atoms with Crippen molar-refractivity contribution in [3.8, 4) is 0 Å². The number of hydrogen-bond acceptors (Lipinski definition) is 1. The maximum atomic E-state index is 3.73. The lowest BCUT2D eigenvalue weighted by atomic mass is 9.77. The molecule has 1 N–H and O–H groups in total. The molecule has 1 aromatic carbocycles. The molecule has 2 aliphatic carbocycles. The molecule has 0 aliphatic heterocycles. The maximum absolute atomic E-state index is 3.73. The molecule has 0 bridgehead atoms. The number of nitrogens with one attached hydrogen (secondary N) is 1. The lowest BCUT2D eigenvalue weighted by Gasteiger charge is -2.30. The molecule has 3 rings (SSSR count). The maximum Gasteiger partial charge on any atom is 0.00993 e.